The molecular weight excluding hydrogens is 222 g/mol. The Hall–Kier alpha value is -0.850. The number of hydrogen-bond acceptors (Lipinski definition) is 5. The largest absolute Gasteiger partial charge is 0.409 e. The highest BCUT2D eigenvalue weighted by molar-refractivity contribution is 5.82. The zero-order chi connectivity index (χ0) is 12.9. The van der Waals surface area contributed by atoms with Crippen molar-refractivity contribution >= 4 is 5.84 Å². The summed E-state index contributed by atoms with van der Waals surface area (Å²) in [7, 11) is 1.66. The van der Waals surface area contributed by atoms with Crippen LogP contribution in [0.4, 0.5) is 0 Å². The van der Waals surface area contributed by atoms with Crippen LogP contribution in [-0.4, -0.2) is 51.1 Å². The minimum absolute atomic E-state index is 0.0537. The number of unbranched alkanes of at least 4 members (excludes halogenated alkanes) is 1. The molecule has 1 unspecified atom stereocenters. The van der Waals surface area contributed by atoms with E-state index in [2.05, 4.69) is 10.5 Å². The van der Waals surface area contributed by atoms with E-state index in [0.717, 1.165) is 32.5 Å². The molecule has 102 valence electrons. The molecule has 0 aromatic carbocycles. The van der Waals surface area contributed by atoms with E-state index >= 15 is 0 Å². The van der Waals surface area contributed by atoms with Crippen LogP contribution in [0.25, 0.3) is 0 Å². The number of methoxy groups -OCH3 is 1. The average Bonchev–Trinajstić information content (AvgIpc) is 2.35. The van der Waals surface area contributed by atoms with Crippen LogP contribution in [-0.2, 0) is 9.47 Å². The number of ether oxygens (including phenoxy) is 2. The summed E-state index contributed by atoms with van der Waals surface area (Å²) in [6.45, 7) is 5.62. The summed E-state index contributed by atoms with van der Waals surface area (Å²) in [4.78, 5) is 0. The summed E-state index contributed by atoms with van der Waals surface area (Å²) in [5.74, 6) is 0.318. The van der Waals surface area contributed by atoms with Gasteiger partial charge in [0.05, 0.1) is 13.2 Å². The molecule has 0 bridgehead atoms. The lowest BCUT2D eigenvalue weighted by Gasteiger charge is -2.10. The molecule has 0 rings (SSSR count). The molecule has 0 saturated heterocycles. The van der Waals surface area contributed by atoms with Crippen molar-refractivity contribution in [2.45, 2.75) is 19.8 Å². The van der Waals surface area contributed by atoms with Crippen LogP contribution in [0.2, 0.25) is 0 Å². The Morgan fingerprint density at radius 2 is 2.12 bits per heavy atom. The standard InChI is InChI=1S/C11H25N3O3/c1-10(11(12)14-15)9-13-5-3-4-6-17-8-7-16-2/h10,13,15H,3-9H2,1-2H3,(H2,12,14). The maximum absolute atomic E-state index is 8.46. The zero-order valence-corrected chi connectivity index (χ0v) is 10.8. The fourth-order valence-corrected chi connectivity index (χ4v) is 1.22. The second-order valence-corrected chi connectivity index (χ2v) is 3.94. The van der Waals surface area contributed by atoms with Gasteiger partial charge in [0.1, 0.15) is 5.84 Å². The van der Waals surface area contributed by atoms with Crippen molar-refractivity contribution in [2.75, 3.05) is 40.0 Å². The highest BCUT2D eigenvalue weighted by Gasteiger charge is 2.05. The molecule has 6 heteroatoms. The summed E-state index contributed by atoms with van der Waals surface area (Å²) in [6.07, 6.45) is 2.07. The average molecular weight is 247 g/mol. The second-order valence-electron chi connectivity index (χ2n) is 3.94. The minimum Gasteiger partial charge on any atom is -0.409 e. The molecule has 0 fully saturated rings. The molecule has 0 aliphatic carbocycles. The van der Waals surface area contributed by atoms with Crippen LogP contribution in [0.3, 0.4) is 0 Å². The number of amidine groups is 1. The van der Waals surface area contributed by atoms with Crippen molar-refractivity contribution in [1.82, 2.24) is 5.32 Å². The quantitative estimate of drug-likeness (QED) is 0.162. The summed E-state index contributed by atoms with van der Waals surface area (Å²) in [5, 5.41) is 14.7. The van der Waals surface area contributed by atoms with Gasteiger partial charge in [-0.05, 0) is 19.4 Å². The molecular formula is C11H25N3O3. The number of oxime groups is 1. The molecule has 1 atom stereocenters. The first-order valence-electron chi connectivity index (χ1n) is 5.97. The molecule has 0 saturated carbocycles. The van der Waals surface area contributed by atoms with Crippen molar-refractivity contribution in [3.63, 3.8) is 0 Å². The van der Waals surface area contributed by atoms with Gasteiger partial charge in [-0.3, -0.25) is 0 Å². The second kappa shape index (κ2) is 11.6. The Balaban J connectivity index is 3.18. The van der Waals surface area contributed by atoms with Crippen molar-refractivity contribution in [1.29, 1.82) is 0 Å². The molecule has 0 spiro atoms. The first kappa shape index (κ1) is 16.1. The smallest absolute Gasteiger partial charge is 0.143 e. The molecule has 4 N–H and O–H groups in total. The lowest BCUT2D eigenvalue weighted by Crippen LogP contribution is -2.31. The molecule has 0 aliphatic rings. The highest BCUT2D eigenvalue weighted by Crippen LogP contribution is 1.93. The summed E-state index contributed by atoms with van der Waals surface area (Å²) in [5.41, 5.74) is 5.45. The van der Waals surface area contributed by atoms with E-state index in [9.17, 15) is 0 Å². The zero-order valence-electron chi connectivity index (χ0n) is 10.8. The van der Waals surface area contributed by atoms with E-state index in [0.29, 0.717) is 13.2 Å². The number of hydrogen-bond donors (Lipinski definition) is 3. The Morgan fingerprint density at radius 3 is 2.76 bits per heavy atom. The molecule has 0 amide bonds. The Bertz CT molecular complexity index is 200. The first-order valence-corrected chi connectivity index (χ1v) is 5.97. The van der Waals surface area contributed by atoms with Crippen molar-refractivity contribution in [3.05, 3.63) is 0 Å². The highest BCUT2D eigenvalue weighted by atomic mass is 16.5. The lowest BCUT2D eigenvalue weighted by atomic mass is 10.1. The number of nitrogens with one attached hydrogen (secondary N) is 1. The Kier molecular flexibility index (Phi) is 11.0. The maximum atomic E-state index is 8.46. The predicted octanol–water partition coefficient (Wildman–Crippen LogP) is 0.402. The van der Waals surface area contributed by atoms with E-state index in [1.165, 1.54) is 0 Å². The fraction of sp³-hybridized carbons (Fsp3) is 0.909. The predicted molar refractivity (Wildman–Crippen MR) is 67.4 cm³/mol. The molecule has 17 heavy (non-hydrogen) atoms. The van der Waals surface area contributed by atoms with Crippen LogP contribution in [0, 0.1) is 5.92 Å². The van der Waals surface area contributed by atoms with Crippen molar-refractivity contribution in [3.8, 4) is 0 Å². The van der Waals surface area contributed by atoms with Gasteiger partial charge in [0.25, 0.3) is 0 Å². The van der Waals surface area contributed by atoms with Crippen LogP contribution < -0.4 is 11.1 Å². The van der Waals surface area contributed by atoms with E-state index in [4.69, 9.17) is 20.4 Å². The van der Waals surface area contributed by atoms with Crippen LogP contribution in [0.15, 0.2) is 5.16 Å². The van der Waals surface area contributed by atoms with Gasteiger partial charge < -0.3 is 25.7 Å². The third kappa shape index (κ3) is 10.0. The van der Waals surface area contributed by atoms with E-state index in [1.54, 1.807) is 7.11 Å². The van der Waals surface area contributed by atoms with Gasteiger partial charge in [0.2, 0.25) is 0 Å². The molecule has 0 radical (unpaired) electrons. The summed E-state index contributed by atoms with van der Waals surface area (Å²) >= 11 is 0. The van der Waals surface area contributed by atoms with Crippen molar-refractivity contribution in [2.24, 2.45) is 16.8 Å². The number of rotatable bonds is 11. The van der Waals surface area contributed by atoms with Crippen LogP contribution in [0.1, 0.15) is 19.8 Å². The minimum atomic E-state index is 0.0537. The first-order chi connectivity index (χ1) is 8.22. The molecule has 6 nitrogen and oxygen atoms in total. The molecule has 0 aromatic heterocycles. The van der Waals surface area contributed by atoms with E-state index < -0.39 is 0 Å². The normalized spacial score (nSPS) is 13.9. The van der Waals surface area contributed by atoms with Crippen molar-refractivity contribution < 1.29 is 14.7 Å². The van der Waals surface area contributed by atoms with Gasteiger partial charge in [-0.25, -0.2) is 0 Å². The van der Waals surface area contributed by atoms with Crippen LogP contribution in [0.5, 0.6) is 0 Å². The van der Waals surface area contributed by atoms with Crippen LogP contribution >= 0.6 is 0 Å². The van der Waals surface area contributed by atoms with Gasteiger partial charge in [-0.1, -0.05) is 12.1 Å². The maximum Gasteiger partial charge on any atom is 0.143 e. The SMILES string of the molecule is COCCOCCCCNCC(C)C(N)=NO. The molecule has 0 aromatic rings. The Labute approximate surface area is 103 Å². The topological polar surface area (TPSA) is 89.1 Å². The van der Waals surface area contributed by atoms with E-state index in [1.807, 2.05) is 6.92 Å². The van der Waals surface area contributed by atoms with Gasteiger partial charge in [-0.2, -0.15) is 0 Å². The summed E-state index contributed by atoms with van der Waals surface area (Å²) in [6, 6.07) is 0. The Morgan fingerprint density at radius 1 is 1.35 bits per heavy atom. The molecule has 0 aliphatic heterocycles. The number of nitrogens with zero attached hydrogens (tertiary/aromatic N) is 1. The molecule has 0 heterocycles. The number of nitrogens with two attached hydrogens (primary N) is 1. The van der Waals surface area contributed by atoms with Gasteiger partial charge >= 0.3 is 0 Å². The third-order valence-corrected chi connectivity index (χ3v) is 2.39. The third-order valence-electron chi connectivity index (χ3n) is 2.39. The van der Waals surface area contributed by atoms with E-state index in [-0.39, 0.29) is 11.8 Å². The lowest BCUT2D eigenvalue weighted by molar-refractivity contribution is 0.0688. The van der Waals surface area contributed by atoms with Gasteiger partial charge in [0.15, 0.2) is 0 Å². The summed E-state index contributed by atoms with van der Waals surface area (Å²) < 4.78 is 10.2. The fourth-order valence-electron chi connectivity index (χ4n) is 1.22. The monoisotopic (exact) mass is 247 g/mol. The van der Waals surface area contributed by atoms with Gasteiger partial charge in [0, 0.05) is 26.2 Å². The van der Waals surface area contributed by atoms with Gasteiger partial charge in [-0.15, -0.1) is 0 Å².